The number of benzene rings is 1. The molecule has 2 heterocycles. The number of carbonyl (C=O) groups is 2. The van der Waals surface area contributed by atoms with Crippen LogP contribution < -0.4 is 5.32 Å². The minimum atomic E-state index is -0.427. The van der Waals surface area contributed by atoms with Gasteiger partial charge >= 0.3 is 5.97 Å². The summed E-state index contributed by atoms with van der Waals surface area (Å²) < 4.78 is 4.68. The lowest BCUT2D eigenvalue weighted by atomic mass is 10.1. The van der Waals surface area contributed by atoms with Crippen LogP contribution in [0.15, 0.2) is 53.5 Å². The fourth-order valence-electron chi connectivity index (χ4n) is 2.91. The number of nitrogens with one attached hydrogen (secondary N) is 1. The Labute approximate surface area is 135 Å². The van der Waals surface area contributed by atoms with Gasteiger partial charge in [0.15, 0.2) is 0 Å². The molecule has 0 fully saturated rings. The molecule has 6 nitrogen and oxygen atoms in total. The number of nitrogens with zero attached hydrogens (tertiary/aromatic N) is 2. The highest BCUT2D eigenvalue weighted by Crippen LogP contribution is 2.35. The third-order valence-electron chi connectivity index (χ3n) is 4.17. The van der Waals surface area contributed by atoms with Gasteiger partial charge in [0.2, 0.25) is 0 Å². The lowest BCUT2D eigenvalue weighted by Crippen LogP contribution is -2.47. The van der Waals surface area contributed by atoms with Gasteiger partial charge < -0.3 is 10.1 Å². The molecular formula is C17H19N3O3. The molecule has 23 heavy (non-hydrogen) atoms. The molecule has 2 aliphatic rings. The van der Waals surface area contributed by atoms with Gasteiger partial charge in [-0.05, 0) is 18.6 Å². The van der Waals surface area contributed by atoms with Gasteiger partial charge in [-0.2, -0.15) is 0 Å². The minimum Gasteiger partial charge on any atom is -0.469 e. The molecule has 1 unspecified atom stereocenters. The van der Waals surface area contributed by atoms with Crippen molar-refractivity contribution >= 4 is 11.9 Å². The number of carbonyl (C=O) groups excluding carboxylic acids is 2. The number of esters is 1. The van der Waals surface area contributed by atoms with Crippen LogP contribution in [0.1, 0.15) is 24.9 Å². The average molecular weight is 313 g/mol. The van der Waals surface area contributed by atoms with Crippen molar-refractivity contribution in [2.75, 3.05) is 14.2 Å². The molecule has 6 heteroatoms. The van der Waals surface area contributed by atoms with Crippen molar-refractivity contribution in [2.24, 2.45) is 0 Å². The number of hydrogen-bond donors (Lipinski definition) is 1. The van der Waals surface area contributed by atoms with Crippen LogP contribution >= 0.6 is 0 Å². The summed E-state index contributed by atoms with van der Waals surface area (Å²) >= 11 is 0. The van der Waals surface area contributed by atoms with Crippen molar-refractivity contribution in [3.63, 3.8) is 0 Å². The maximum absolute atomic E-state index is 12.8. The van der Waals surface area contributed by atoms with E-state index in [1.165, 1.54) is 7.11 Å². The van der Waals surface area contributed by atoms with E-state index in [1.807, 2.05) is 48.5 Å². The smallest absolute Gasteiger partial charge is 0.310 e. The average Bonchev–Trinajstić information content (AvgIpc) is 2.88. The van der Waals surface area contributed by atoms with Crippen LogP contribution in [0, 0.1) is 0 Å². The van der Waals surface area contributed by atoms with Crippen molar-refractivity contribution in [3.8, 4) is 0 Å². The summed E-state index contributed by atoms with van der Waals surface area (Å²) in [5, 5.41) is 6.65. The molecule has 1 aromatic carbocycles. The molecule has 0 radical (unpaired) electrons. The number of fused-ring (bicyclic) bond motifs is 1. The summed E-state index contributed by atoms with van der Waals surface area (Å²) in [6.45, 7) is 1.80. The first-order valence-electron chi connectivity index (χ1n) is 7.40. The Bertz CT molecular complexity index is 709. The lowest BCUT2D eigenvalue weighted by molar-refractivity contribution is -0.144. The second kappa shape index (κ2) is 5.89. The molecule has 3 rings (SSSR count). The molecule has 1 atom stereocenters. The van der Waals surface area contributed by atoms with Crippen LogP contribution in [-0.4, -0.2) is 36.1 Å². The predicted molar refractivity (Wildman–Crippen MR) is 84.3 cm³/mol. The second-order valence-corrected chi connectivity index (χ2v) is 5.58. The maximum atomic E-state index is 12.8. The number of ether oxygens (including phenoxy) is 1. The van der Waals surface area contributed by atoms with E-state index in [9.17, 15) is 9.59 Å². The molecular weight excluding hydrogens is 294 g/mol. The summed E-state index contributed by atoms with van der Waals surface area (Å²) in [5.41, 5.74) is 2.21. The van der Waals surface area contributed by atoms with Gasteiger partial charge in [0.05, 0.1) is 19.6 Å². The van der Waals surface area contributed by atoms with Gasteiger partial charge in [-0.25, -0.2) is 10.0 Å². The largest absolute Gasteiger partial charge is 0.469 e. The summed E-state index contributed by atoms with van der Waals surface area (Å²) in [5.74, 6) is 0.0969. The molecule has 0 aliphatic carbocycles. The van der Waals surface area contributed by atoms with Crippen molar-refractivity contribution in [3.05, 3.63) is 59.1 Å². The minimum absolute atomic E-state index is 0.0343. The van der Waals surface area contributed by atoms with Crippen molar-refractivity contribution in [2.45, 2.75) is 19.4 Å². The highest BCUT2D eigenvalue weighted by Gasteiger charge is 2.40. The van der Waals surface area contributed by atoms with E-state index < -0.39 is 5.97 Å². The Kier molecular flexibility index (Phi) is 3.92. The zero-order valence-electron chi connectivity index (χ0n) is 13.4. The first kappa shape index (κ1) is 15.3. The number of hydrazine groups is 1. The first-order chi connectivity index (χ1) is 11.0. The van der Waals surface area contributed by atoms with E-state index in [0.717, 1.165) is 11.4 Å². The number of rotatable bonds is 3. The SMILES string of the molecule is COC(=O)CC1=C(C)NC2=CC(c3ccccc3)N(C)N2C1=O. The predicted octanol–water partition coefficient (Wildman–Crippen LogP) is 1.70. The van der Waals surface area contributed by atoms with Crippen LogP contribution in [0.2, 0.25) is 0 Å². The van der Waals surface area contributed by atoms with Crippen LogP contribution in [-0.2, 0) is 14.3 Å². The standard InChI is InChI=1S/C17H19N3O3/c1-11-13(9-16(21)23-3)17(22)20-15(18-11)10-14(19(20)2)12-7-5-4-6-8-12/h4-8,10,14,18H,9H2,1-3H3. The van der Waals surface area contributed by atoms with Crippen LogP contribution in [0.4, 0.5) is 0 Å². The van der Waals surface area contributed by atoms with Gasteiger partial charge in [-0.15, -0.1) is 0 Å². The molecule has 2 aliphatic heterocycles. The summed E-state index contributed by atoms with van der Waals surface area (Å²) in [6, 6.07) is 9.92. The highest BCUT2D eigenvalue weighted by molar-refractivity contribution is 6.00. The van der Waals surface area contributed by atoms with Crippen molar-refractivity contribution in [1.29, 1.82) is 0 Å². The first-order valence-corrected chi connectivity index (χ1v) is 7.40. The zero-order chi connectivity index (χ0) is 16.6. The zero-order valence-corrected chi connectivity index (χ0v) is 13.4. The number of amides is 1. The third kappa shape index (κ3) is 2.61. The van der Waals surface area contributed by atoms with Gasteiger partial charge in [-0.1, -0.05) is 30.3 Å². The van der Waals surface area contributed by atoms with Crippen molar-refractivity contribution < 1.29 is 14.3 Å². The fourth-order valence-corrected chi connectivity index (χ4v) is 2.91. The molecule has 1 amide bonds. The van der Waals surface area contributed by atoms with E-state index >= 15 is 0 Å². The normalized spacial score (nSPS) is 21.0. The van der Waals surface area contributed by atoms with E-state index in [1.54, 1.807) is 11.9 Å². The van der Waals surface area contributed by atoms with Gasteiger partial charge in [0.1, 0.15) is 5.82 Å². The number of hydrogen-bond acceptors (Lipinski definition) is 5. The second-order valence-electron chi connectivity index (χ2n) is 5.58. The van der Waals surface area contributed by atoms with Gasteiger partial charge in [-0.3, -0.25) is 9.59 Å². The highest BCUT2D eigenvalue weighted by atomic mass is 16.5. The number of allylic oxidation sites excluding steroid dienone is 1. The van der Waals surface area contributed by atoms with Gasteiger partial charge in [0, 0.05) is 18.3 Å². The van der Waals surface area contributed by atoms with E-state index in [0.29, 0.717) is 11.3 Å². The summed E-state index contributed by atoms with van der Waals surface area (Å²) in [7, 11) is 3.18. The summed E-state index contributed by atoms with van der Waals surface area (Å²) in [4.78, 5) is 24.3. The topological polar surface area (TPSA) is 61.9 Å². The van der Waals surface area contributed by atoms with E-state index in [4.69, 9.17) is 0 Å². The Morgan fingerprint density at radius 1 is 1.30 bits per heavy atom. The van der Waals surface area contributed by atoms with Crippen LogP contribution in [0.25, 0.3) is 0 Å². The molecule has 0 saturated carbocycles. The van der Waals surface area contributed by atoms with Crippen LogP contribution in [0.3, 0.4) is 0 Å². The molecule has 120 valence electrons. The van der Waals surface area contributed by atoms with Crippen LogP contribution in [0.5, 0.6) is 0 Å². The molecule has 0 spiro atoms. The lowest BCUT2D eigenvalue weighted by Gasteiger charge is -2.35. The number of likely N-dealkylation sites (N-methyl/N-ethyl adjacent to an activating group) is 1. The maximum Gasteiger partial charge on any atom is 0.310 e. The summed E-state index contributed by atoms with van der Waals surface area (Å²) in [6.07, 6.45) is 1.97. The third-order valence-corrected chi connectivity index (χ3v) is 4.17. The Morgan fingerprint density at radius 2 is 2.00 bits per heavy atom. The fraction of sp³-hybridized carbons (Fsp3) is 0.294. The quantitative estimate of drug-likeness (QED) is 0.861. The van der Waals surface area contributed by atoms with Gasteiger partial charge in [0.25, 0.3) is 5.91 Å². The Morgan fingerprint density at radius 3 is 2.65 bits per heavy atom. The molecule has 0 aromatic heterocycles. The number of methoxy groups -OCH3 is 1. The van der Waals surface area contributed by atoms with Crippen molar-refractivity contribution in [1.82, 2.24) is 15.3 Å². The van der Waals surface area contributed by atoms with E-state index in [2.05, 4.69) is 10.1 Å². The molecule has 1 aromatic rings. The molecule has 0 bridgehead atoms. The monoisotopic (exact) mass is 313 g/mol. The Hall–Kier alpha value is -2.60. The Balaban J connectivity index is 1.90. The molecule has 1 N–H and O–H groups in total. The molecule has 0 saturated heterocycles. The van der Waals surface area contributed by atoms with E-state index in [-0.39, 0.29) is 18.4 Å².